The van der Waals surface area contributed by atoms with Crippen LogP contribution < -0.4 is 4.74 Å². The molecule has 0 spiro atoms. The number of hydrogen-bond donors (Lipinski definition) is 0. The second-order valence-electron chi connectivity index (χ2n) is 3.71. The molecule has 0 fully saturated rings. The molecular weight excluding hydrogens is 234 g/mol. The second kappa shape index (κ2) is 5.45. The van der Waals surface area contributed by atoms with Gasteiger partial charge in [-0.15, -0.1) is 0 Å². The quantitative estimate of drug-likeness (QED) is 0.733. The fourth-order valence-electron chi connectivity index (χ4n) is 1.65. The van der Waals surface area contributed by atoms with E-state index in [1.165, 1.54) is 31.4 Å². The summed E-state index contributed by atoms with van der Waals surface area (Å²) >= 11 is 0. The monoisotopic (exact) mass is 246 g/mol. The van der Waals surface area contributed by atoms with Crippen LogP contribution in [0.2, 0.25) is 0 Å². The van der Waals surface area contributed by atoms with Crippen LogP contribution in [0.5, 0.6) is 5.75 Å². The first-order valence-corrected chi connectivity index (χ1v) is 5.47. The lowest BCUT2D eigenvalue weighted by Gasteiger charge is -2.05. The molecule has 0 aliphatic heterocycles. The third kappa shape index (κ3) is 2.56. The number of rotatable bonds is 3. The molecule has 0 amide bonds. The van der Waals surface area contributed by atoms with Crippen molar-refractivity contribution >= 4 is 11.9 Å². The van der Waals surface area contributed by atoms with Gasteiger partial charge in [0.05, 0.1) is 7.11 Å². The van der Waals surface area contributed by atoms with E-state index in [4.69, 9.17) is 4.74 Å². The number of halogens is 2. The molecule has 2 aromatic carbocycles. The molecule has 2 rings (SSSR count). The highest BCUT2D eigenvalue weighted by Gasteiger charge is 2.07. The topological polar surface area (TPSA) is 9.23 Å². The molecular formula is C15H12F2O. The van der Waals surface area contributed by atoms with E-state index in [-0.39, 0.29) is 5.56 Å². The first-order valence-electron chi connectivity index (χ1n) is 5.47. The van der Waals surface area contributed by atoms with Crippen molar-refractivity contribution in [2.45, 2.75) is 0 Å². The summed E-state index contributed by atoms with van der Waals surface area (Å²) in [5.74, 6) is -0.664. The predicted molar refractivity (Wildman–Crippen MR) is 68.4 cm³/mol. The normalized spacial score (nSPS) is 11.4. The van der Waals surface area contributed by atoms with Gasteiger partial charge in [-0.2, -0.15) is 0 Å². The minimum atomic E-state index is -0.627. The molecule has 0 heterocycles. The van der Waals surface area contributed by atoms with Crippen molar-refractivity contribution in [1.82, 2.24) is 0 Å². The Hall–Kier alpha value is -2.16. The minimum absolute atomic E-state index is 0.0524. The van der Waals surface area contributed by atoms with E-state index in [2.05, 4.69) is 0 Å². The second-order valence-corrected chi connectivity index (χ2v) is 3.71. The predicted octanol–water partition coefficient (Wildman–Crippen LogP) is 4.30. The molecule has 0 bridgehead atoms. The maximum Gasteiger partial charge on any atom is 0.134 e. The Kier molecular flexibility index (Phi) is 3.72. The number of hydrogen-bond acceptors (Lipinski definition) is 1. The van der Waals surface area contributed by atoms with Crippen LogP contribution in [0.15, 0.2) is 48.5 Å². The summed E-state index contributed by atoms with van der Waals surface area (Å²) in [6.45, 7) is 0. The number of benzene rings is 2. The van der Waals surface area contributed by atoms with Gasteiger partial charge in [0.25, 0.3) is 0 Å². The van der Waals surface area contributed by atoms with E-state index in [0.717, 1.165) is 0 Å². The van der Waals surface area contributed by atoms with Gasteiger partial charge < -0.3 is 4.74 Å². The molecule has 18 heavy (non-hydrogen) atoms. The van der Waals surface area contributed by atoms with Crippen LogP contribution in [-0.2, 0) is 0 Å². The first kappa shape index (κ1) is 12.3. The maximum absolute atomic E-state index is 14.0. The Bertz CT molecular complexity index is 576. The smallest absolute Gasteiger partial charge is 0.134 e. The van der Waals surface area contributed by atoms with E-state index in [0.29, 0.717) is 11.3 Å². The van der Waals surface area contributed by atoms with Crippen LogP contribution in [0.4, 0.5) is 8.78 Å². The van der Waals surface area contributed by atoms with Crippen molar-refractivity contribution in [1.29, 1.82) is 0 Å². The van der Waals surface area contributed by atoms with E-state index < -0.39 is 11.6 Å². The first-order chi connectivity index (χ1) is 8.72. The third-order valence-corrected chi connectivity index (χ3v) is 2.55. The summed E-state index contributed by atoms with van der Waals surface area (Å²) in [6.07, 6.45) is 1.26. The van der Waals surface area contributed by atoms with Gasteiger partial charge in [0.1, 0.15) is 17.4 Å². The van der Waals surface area contributed by atoms with Crippen molar-refractivity contribution in [3.8, 4) is 5.75 Å². The summed E-state index contributed by atoms with van der Waals surface area (Å²) in [5.41, 5.74) is 0.518. The summed E-state index contributed by atoms with van der Waals surface area (Å²) in [4.78, 5) is 0. The largest absolute Gasteiger partial charge is 0.496 e. The number of methoxy groups -OCH3 is 1. The summed E-state index contributed by atoms with van der Waals surface area (Å²) < 4.78 is 32.5. The Morgan fingerprint density at radius 3 is 2.44 bits per heavy atom. The van der Waals surface area contributed by atoms with Crippen molar-refractivity contribution in [2.75, 3.05) is 7.11 Å². The fourth-order valence-corrected chi connectivity index (χ4v) is 1.65. The zero-order chi connectivity index (χ0) is 13.0. The summed E-state index contributed by atoms with van der Waals surface area (Å²) in [6, 6.07) is 12.7. The molecule has 0 saturated carbocycles. The van der Waals surface area contributed by atoms with E-state index in [1.807, 2.05) is 0 Å². The molecule has 2 aromatic rings. The molecule has 0 aliphatic carbocycles. The standard InChI is InChI=1S/C15H12F2O/c1-18-15-9-5-2-6-11(15)10-14(17)12-7-3-4-8-13(12)16/h2-10H,1H3/b14-10+. The van der Waals surface area contributed by atoms with Crippen LogP contribution in [0.3, 0.4) is 0 Å². The van der Waals surface area contributed by atoms with Crippen LogP contribution >= 0.6 is 0 Å². The molecule has 1 nitrogen and oxygen atoms in total. The van der Waals surface area contributed by atoms with E-state index >= 15 is 0 Å². The molecule has 0 atom stereocenters. The van der Waals surface area contributed by atoms with Crippen LogP contribution in [0, 0.1) is 5.82 Å². The lowest BCUT2D eigenvalue weighted by atomic mass is 10.1. The SMILES string of the molecule is COc1ccccc1/C=C(/F)c1ccccc1F. The van der Waals surface area contributed by atoms with Gasteiger partial charge in [-0.1, -0.05) is 30.3 Å². The Balaban J connectivity index is 2.42. The van der Waals surface area contributed by atoms with Gasteiger partial charge in [0.2, 0.25) is 0 Å². The van der Waals surface area contributed by atoms with Crippen molar-refractivity contribution < 1.29 is 13.5 Å². The van der Waals surface area contributed by atoms with Gasteiger partial charge >= 0.3 is 0 Å². The van der Waals surface area contributed by atoms with Crippen LogP contribution in [-0.4, -0.2) is 7.11 Å². The van der Waals surface area contributed by atoms with Crippen molar-refractivity contribution in [3.63, 3.8) is 0 Å². The summed E-state index contributed by atoms with van der Waals surface area (Å²) in [5, 5.41) is 0. The van der Waals surface area contributed by atoms with E-state index in [9.17, 15) is 8.78 Å². The molecule has 0 saturated heterocycles. The van der Waals surface area contributed by atoms with Crippen molar-refractivity contribution in [3.05, 3.63) is 65.5 Å². The number of ether oxygens (including phenoxy) is 1. The lowest BCUT2D eigenvalue weighted by molar-refractivity contribution is 0.414. The molecule has 92 valence electrons. The molecule has 0 aliphatic rings. The average Bonchev–Trinajstić information content (AvgIpc) is 2.39. The minimum Gasteiger partial charge on any atom is -0.496 e. The Morgan fingerprint density at radius 2 is 1.72 bits per heavy atom. The molecule has 0 unspecified atom stereocenters. The molecule has 0 aromatic heterocycles. The highest BCUT2D eigenvalue weighted by molar-refractivity contribution is 5.78. The fraction of sp³-hybridized carbons (Fsp3) is 0.0667. The highest BCUT2D eigenvalue weighted by Crippen LogP contribution is 2.26. The van der Waals surface area contributed by atoms with Gasteiger partial charge in [0.15, 0.2) is 0 Å². The zero-order valence-corrected chi connectivity index (χ0v) is 9.86. The average molecular weight is 246 g/mol. The number of para-hydroxylation sites is 1. The highest BCUT2D eigenvalue weighted by atomic mass is 19.1. The molecule has 0 radical (unpaired) electrons. The van der Waals surface area contributed by atoms with Gasteiger partial charge in [-0.05, 0) is 24.3 Å². The Labute approximate surface area is 104 Å². The third-order valence-electron chi connectivity index (χ3n) is 2.55. The summed E-state index contributed by atoms with van der Waals surface area (Å²) in [7, 11) is 1.51. The lowest BCUT2D eigenvalue weighted by Crippen LogP contribution is -1.88. The van der Waals surface area contributed by atoms with Gasteiger partial charge in [-0.25, -0.2) is 8.78 Å². The molecule has 3 heteroatoms. The maximum atomic E-state index is 14.0. The van der Waals surface area contributed by atoms with Crippen molar-refractivity contribution in [2.24, 2.45) is 0 Å². The zero-order valence-electron chi connectivity index (χ0n) is 9.86. The van der Waals surface area contributed by atoms with Gasteiger partial charge in [0, 0.05) is 11.1 Å². The Morgan fingerprint density at radius 1 is 1.06 bits per heavy atom. The van der Waals surface area contributed by atoms with Gasteiger partial charge in [-0.3, -0.25) is 0 Å². The van der Waals surface area contributed by atoms with Crippen LogP contribution in [0.1, 0.15) is 11.1 Å². The van der Waals surface area contributed by atoms with Crippen LogP contribution in [0.25, 0.3) is 11.9 Å². The molecule has 0 N–H and O–H groups in total. The van der Waals surface area contributed by atoms with E-state index in [1.54, 1.807) is 30.3 Å².